The van der Waals surface area contributed by atoms with Crippen molar-refractivity contribution in [1.82, 2.24) is 4.98 Å². The van der Waals surface area contributed by atoms with E-state index in [1.807, 2.05) is 0 Å². The highest BCUT2D eigenvalue weighted by atomic mass is 35.5. The van der Waals surface area contributed by atoms with Gasteiger partial charge in [0, 0.05) is 6.07 Å². The fourth-order valence-corrected chi connectivity index (χ4v) is 1.33. The van der Waals surface area contributed by atoms with Crippen LogP contribution in [0.15, 0.2) is 28.9 Å². The predicted octanol–water partition coefficient (Wildman–Crippen LogP) is 4.00. The smallest absolute Gasteiger partial charge is 0.399 e. The Balaban J connectivity index is 2.17. The molecule has 1 heterocycles. The number of hydrogen-bond donors (Lipinski definition) is 0. The van der Waals surface area contributed by atoms with E-state index in [0.29, 0.717) is 11.4 Å². The van der Waals surface area contributed by atoms with Crippen LogP contribution in [0.2, 0.25) is 5.02 Å². The highest BCUT2D eigenvalue weighted by Gasteiger charge is 2.07. The summed E-state index contributed by atoms with van der Waals surface area (Å²) in [5.74, 6) is 0.0639. The van der Waals surface area contributed by atoms with E-state index >= 15 is 0 Å². The van der Waals surface area contributed by atoms with Crippen LogP contribution in [0.3, 0.4) is 0 Å². The van der Waals surface area contributed by atoms with Gasteiger partial charge in [0.15, 0.2) is 0 Å². The maximum absolute atomic E-state index is 12.9. The molecule has 6 heteroatoms. The molecule has 2 rings (SSSR count). The molecule has 0 amide bonds. The van der Waals surface area contributed by atoms with Crippen LogP contribution < -0.4 is 4.74 Å². The van der Waals surface area contributed by atoms with Gasteiger partial charge in [0.25, 0.3) is 0 Å². The molecule has 0 aliphatic carbocycles. The molecular formula is C10H6Cl2FNO2. The van der Waals surface area contributed by atoms with Crippen molar-refractivity contribution in [3.8, 4) is 11.8 Å². The molecule has 0 fully saturated rings. The zero-order valence-electron chi connectivity index (χ0n) is 7.91. The fraction of sp³-hybridized carbons (Fsp3) is 0.100. The first-order valence-corrected chi connectivity index (χ1v) is 5.23. The largest absolute Gasteiger partial charge is 0.417 e. The monoisotopic (exact) mass is 261 g/mol. The molecular weight excluding hydrogens is 256 g/mol. The van der Waals surface area contributed by atoms with E-state index in [1.165, 1.54) is 24.5 Å². The highest BCUT2D eigenvalue weighted by Crippen LogP contribution is 2.25. The molecule has 0 bridgehead atoms. The molecule has 2 aromatic rings. The molecule has 16 heavy (non-hydrogen) atoms. The van der Waals surface area contributed by atoms with E-state index in [2.05, 4.69) is 4.98 Å². The lowest BCUT2D eigenvalue weighted by Crippen LogP contribution is -1.86. The van der Waals surface area contributed by atoms with E-state index in [1.54, 1.807) is 0 Å². The number of halogens is 3. The average molecular weight is 262 g/mol. The SMILES string of the molecule is Fc1ccc(Oc2nc(CCl)co2)cc1Cl. The minimum Gasteiger partial charge on any atom is -0.417 e. The number of ether oxygens (including phenoxy) is 1. The van der Waals surface area contributed by atoms with Gasteiger partial charge in [-0.05, 0) is 12.1 Å². The fourth-order valence-electron chi connectivity index (χ4n) is 1.04. The zero-order chi connectivity index (χ0) is 11.5. The van der Waals surface area contributed by atoms with Gasteiger partial charge in [-0.25, -0.2) is 4.39 Å². The van der Waals surface area contributed by atoms with Gasteiger partial charge in [-0.1, -0.05) is 11.6 Å². The number of oxazole rings is 1. The maximum Gasteiger partial charge on any atom is 0.399 e. The Kier molecular flexibility index (Phi) is 3.31. The van der Waals surface area contributed by atoms with Crippen LogP contribution in [0.5, 0.6) is 11.8 Å². The Hall–Kier alpha value is -1.26. The van der Waals surface area contributed by atoms with Crippen LogP contribution in [0, 0.1) is 5.82 Å². The van der Waals surface area contributed by atoms with Crippen molar-refractivity contribution >= 4 is 23.2 Å². The summed E-state index contributed by atoms with van der Waals surface area (Å²) in [5.41, 5.74) is 0.560. The molecule has 0 aliphatic heterocycles. The third kappa shape index (κ3) is 2.46. The molecule has 0 unspecified atom stereocenters. The predicted molar refractivity (Wildman–Crippen MR) is 57.5 cm³/mol. The summed E-state index contributed by atoms with van der Waals surface area (Å²) < 4.78 is 23.0. The number of rotatable bonds is 3. The summed E-state index contributed by atoms with van der Waals surface area (Å²) in [6, 6.07) is 3.95. The van der Waals surface area contributed by atoms with Crippen LogP contribution in [0.4, 0.5) is 4.39 Å². The first-order valence-electron chi connectivity index (χ1n) is 4.32. The first kappa shape index (κ1) is 11.2. The number of hydrogen-bond acceptors (Lipinski definition) is 3. The normalized spacial score (nSPS) is 10.4. The summed E-state index contributed by atoms with van der Waals surface area (Å²) >= 11 is 11.1. The van der Waals surface area contributed by atoms with Gasteiger partial charge in [0.2, 0.25) is 0 Å². The lowest BCUT2D eigenvalue weighted by atomic mass is 10.3. The molecule has 0 spiro atoms. The van der Waals surface area contributed by atoms with E-state index < -0.39 is 5.82 Å². The molecule has 84 valence electrons. The number of benzene rings is 1. The quantitative estimate of drug-likeness (QED) is 0.784. The van der Waals surface area contributed by atoms with Crippen molar-refractivity contribution in [2.24, 2.45) is 0 Å². The highest BCUT2D eigenvalue weighted by molar-refractivity contribution is 6.30. The molecule has 1 aromatic heterocycles. The van der Waals surface area contributed by atoms with E-state index in [9.17, 15) is 4.39 Å². The van der Waals surface area contributed by atoms with E-state index in [-0.39, 0.29) is 17.0 Å². The molecule has 3 nitrogen and oxygen atoms in total. The van der Waals surface area contributed by atoms with Crippen LogP contribution >= 0.6 is 23.2 Å². The maximum atomic E-state index is 12.9. The number of aromatic nitrogens is 1. The molecule has 0 saturated carbocycles. The summed E-state index contributed by atoms with van der Waals surface area (Å²) in [6.45, 7) is 0. The Bertz CT molecular complexity index is 501. The second-order valence-electron chi connectivity index (χ2n) is 2.92. The van der Waals surface area contributed by atoms with Gasteiger partial charge >= 0.3 is 6.08 Å². The van der Waals surface area contributed by atoms with Crippen LogP contribution in [0.1, 0.15) is 5.69 Å². The van der Waals surface area contributed by atoms with Crippen molar-refractivity contribution in [2.45, 2.75) is 5.88 Å². The van der Waals surface area contributed by atoms with Gasteiger partial charge in [-0.3, -0.25) is 0 Å². The van der Waals surface area contributed by atoms with Crippen LogP contribution in [0.25, 0.3) is 0 Å². The van der Waals surface area contributed by atoms with Crippen LogP contribution in [-0.2, 0) is 5.88 Å². The zero-order valence-corrected chi connectivity index (χ0v) is 9.43. The Morgan fingerprint density at radius 2 is 2.25 bits per heavy atom. The molecule has 1 aromatic carbocycles. The summed E-state index contributed by atoms with van der Waals surface area (Å²) in [7, 11) is 0. The standard InChI is InChI=1S/C10H6Cl2FNO2/c11-4-6-5-15-10(14-6)16-7-1-2-9(13)8(12)3-7/h1-3,5H,4H2. The second kappa shape index (κ2) is 4.72. The molecule has 0 radical (unpaired) electrons. The Morgan fingerprint density at radius 3 is 2.88 bits per heavy atom. The van der Waals surface area contributed by atoms with Gasteiger partial charge in [-0.15, -0.1) is 11.6 Å². The summed E-state index contributed by atoms with van der Waals surface area (Å²) in [6.07, 6.45) is 1.42. The van der Waals surface area contributed by atoms with Crippen molar-refractivity contribution in [2.75, 3.05) is 0 Å². The molecule has 0 saturated heterocycles. The van der Waals surface area contributed by atoms with Gasteiger partial charge in [-0.2, -0.15) is 4.98 Å². The number of nitrogens with zero attached hydrogens (tertiary/aromatic N) is 1. The topological polar surface area (TPSA) is 35.3 Å². The molecule has 0 aliphatic rings. The van der Waals surface area contributed by atoms with Crippen molar-refractivity contribution < 1.29 is 13.5 Å². The second-order valence-corrected chi connectivity index (χ2v) is 3.59. The van der Waals surface area contributed by atoms with Gasteiger partial charge in [0.05, 0.1) is 16.6 Å². The lowest BCUT2D eigenvalue weighted by Gasteiger charge is -2.00. The Labute approximate surface area is 101 Å². The first-order chi connectivity index (χ1) is 7.69. The third-order valence-corrected chi connectivity index (χ3v) is 2.33. The minimum atomic E-state index is -0.511. The third-order valence-electron chi connectivity index (χ3n) is 1.76. The molecule has 0 atom stereocenters. The van der Waals surface area contributed by atoms with Crippen molar-refractivity contribution in [3.05, 3.63) is 41.0 Å². The average Bonchev–Trinajstić information content (AvgIpc) is 2.71. The minimum absolute atomic E-state index is 0.0263. The van der Waals surface area contributed by atoms with Gasteiger partial charge < -0.3 is 9.15 Å². The van der Waals surface area contributed by atoms with E-state index in [0.717, 1.165) is 0 Å². The van der Waals surface area contributed by atoms with E-state index in [4.69, 9.17) is 32.4 Å². The molecule has 0 N–H and O–H groups in total. The Morgan fingerprint density at radius 1 is 1.44 bits per heavy atom. The number of alkyl halides is 1. The summed E-state index contributed by atoms with van der Waals surface area (Å²) in [5, 5.41) is -0.0263. The lowest BCUT2D eigenvalue weighted by molar-refractivity contribution is 0.330. The van der Waals surface area contributed by atoms with Gasteiger partial charge in [0.1, 0.15) is 17.8 Å². The van der Waals surface area contributed by atoms with Crippen molar-refractivity contribution in [1.29, 1.82) is 0 Å². The van der Waals surface area contributed by atoms with Crippen LogP contribution in [-0.4, -0.2) is 4.98 Å². The van der Waals surface area contributed by atoms with Crippen molar-refractivity contribution in [3.63, 3.8) is 0 Å². The summed E-state index contributed by atoms with van der Waals surface area (Å²) in [4.78, 5) is 3.92.